The second-order valence-corrected chi connectivity index (χ2v) is 6.82. The zero-order valence-corrected chi connectivity index (χ0v) is 15.8. The second kappa shape index (κ2) is 12.4. The number of anilines is 3. The molecule has 2 aromatic rings. The van der Waals surface area contributed by atoms with Crippen molar-refractivity contribution in [1.29, 1.82) is 0 Å². The Bertz CT molecular complexity index is 548. The third kappa shape index (κ3) is 8.62. The van der Waals surface area contributed by atoms with Crippen LogP contribution < -0.4 is 10.6 Å². The zero-order valence-electron chi connectivity index (χ0n) is 15.8. The average molecular weight is 339 g/mol. The van der Waals surface area contributed by atoms with Crippen LogP contribution in [-0.2, 0) is 0 Å². The van der Waals surface area contributed by atoms with Crippen LogP contribution in [0.25, 0.3) is 0 Å². The first-order chi connectivity index (χ1) is 12.4. The Morgan fingerprint density at radius 2 is 1.08 bits per heavy atom. The molecule has 0 aliphatic heterocycles. The topological polar surface area (TPSA) is 24.1 Å². The molecule has 0 fully saturated rings. The Labute approximate surface area is 154 Å². The predicted octanol–water partition coefficient (Wildman–Crippen LogP) is 7.37. The number of rotatable bonds is 13. The van der Waals surface area contributed by atoms with Crippen LogP contribution in [0.2, 0.25) is 0 Å². The average Bonchev–Trinajstić information content (AvgIpc) is 2.65. The third-order valence-corrected chi connectivity index (χ3v) is 4.56. The van der Waals surface area contributed by atoms with E-state index >= 15 is 0 Å². The second-order valence-electron chi connectivity index (χ2n) is 6.82. The maximum Gasteiger partial charge on any atom is 0.0385 e. The van der Waals surface area contributed by atoms with Crippen LogP contribution in [0.15, 0.2) is 54.6 Å². The van der Waals surface area contributed by atoms with Gasteiger partial charge in [0.05, 0.1) is 0 Å². The Hall–Kier alpha value is -1.96. The molecule has 0 aromatic heterocycles. The number of nitrogens with one attached hydrogen (secondary N) is 2. The Morgan fingerprint density at radius 3 is 1.72 bits per heavy atom. The van der Waals surface area contributed by atoms with Gasteiger partial charge in [0, 0.05) is 23.6 Å². The summed E-state index contributed by atoms with van der Waals surface area (Å²) in [5, 5.41) is 6.94. The fraction of sp³-hybridized carbons (Fsp3) is 0.478. The van der Waals surface area contributed by atoms with Gasteiger partial charge in [0.1, 0.15) is 0 Å². The minimum absolute atomic E-state index is 1.07. The first-order valence-corrected chi connectivity index (χ1v) is 10.0. The molecular weight excluding hydrogens is 304 g/mol. The molecule has 0 heterocycles. The van der Waals surface area contributed by atoms with Gasteiger partial charge in [-0.25, -0.2) is 0 Å². The van der Waals surface area contributed by atoms with Crippen LogP contribution >= 0.6 is 0 Å². The van der Waals surface area contributed by atoms with Crippen molar-refractivity contribution >= 4 is 17.1 Å². The standard InChI is InChI=1S/C23H34N2/c1-2-3-4-5-6-7-8-9-13-20-24-21-16-18-23(19-17-21)25-22-14-11-10-12-15-22/h10-12,14-19,24-25H,2-9,13,20H2,1H3. The third-order valence-electron chi connectivity index (χ3n) is 4.56. The first kappa shape index (κ1) is 19.4. The number of para-hydroxylation sites is 1. The van der Waals surface area contributed by atoms with Crippen molar-refractivity contribution in [3.05, 3.63) is 54.6 Å². The van der Waals surface area contributed by atoms with Gasteiger partial charge in [0.15, 0.2) is 0 Å². The lowest BCUT2D eigenvalue weighted by Crippen LogP contribution is -2.01. The highest BCUT2D eigenvalue weighted by molar-refractivity contribution is 5.62. The van der Waals surface area contributed by atoms with Gasteiger partial charge in [-0.05, 0) is 42.8 Å². The molecule has 0 saturated heterocycles. The molecule has 0 aliphatic carbocycles. The van der Waals surface area contributed by atoms with Crippen molar-refractivity contribution < 1.29 is 0 Å². The zero-order chi connectivity index (χ0) is 17.6. The molecule has 0 bridgehead atoms. The fourth-order valence-electron chi connectivity index (χ4n) is 3.03. The Kier molecular flexibility index (Phi) is 9.61. The Morgan fingerprint density at radius 1 is 0.560 bits per heavy atom. The molecule has 2 heteroatoms. The molecule has 2 aromatic carbocycles. The predicted molar refractivity (Wildman–Crippen MR) is 112 cm³/mol. The number of hydrogen-bond donors (Lipinski definition) is 2. The highest BCUT2D eigenvalue weighted by Crippen LogP contribution is 2.18. The normalized spacial score (nSPS) is 10.6. The van der Waals surface area contributed by atoms with Gasteiger partial charge < -0.3 is 10.6 Å². The summed E-state index contributed by atoms with van der Waals surface area (Å²) in [5.41, 5.74) is 3.45. The van der Waals surface area contributed by atoms with Crippen LogP contribution in [0.1, 0.15) is 64.7 Å². The lowest BCUT2D eigenvalue weighted by molar-refractivity contribution is 0.569. The summed E-state index contributed by atoms with van der Waals surface area (Å²) in [4.78, 5) is 0. The summed E-state index contributed by atoms with van der Waals surface area (Å²) >= 11 is 0. The van der Waals surface area contributed by atoms with E-state index in [-0.39, 0.29) is 0 Å². The summed E-state index contributed by atoms with van der Waals surface area (Å²) < 4.78 is 0. The van der Waals surface area contributed by atoms with Crippen LogP contribution in [0.5, 0.6) is 0 Å². The minimum Gasteiger partial charge on any atom is -0.385 e. The van der Waals surface area contributed by atoms with Gasteiger partial charge in [-0.15, -0.1) is 0 Å². The van der Waals surface area contributed by atoms with Crippen molar-refractivity contribution in [2.75, 3.05) is 17.2 Å². The highest BCUT2D eigenvalue weighted by atomic mass is 14.9. The molecule has 0 radical (unpaired) electrons. The Balaban J connectivity index is 1.53. The quantitative estimate of drug-likeness (QED) is 0.372. The molecule has 0 atom stereocenters. The molecule has 2 nitrogen and oxygen atoms in total. The summed E-state index contributed by atoms with van der Waals surface area (Å²) in [5.74, 6) is 0. The van der Waals surface area contributed by atoms with Crippen LogP contribution in [0.4, 0.5) is 17.1 Å². The van der Waals surface area contributed by atoms with E-state index in [0.717, 1.165) is 17.9 Å². The maximum absolute atomic E-state index is 3.53. The van der Waals surface area contributed by atoms with E-state index in [0.29, 0.717) is 0 Å². The monoisotopic (exact) mass is 338 g/mol. The summed E-state index contributed by atoms with van der Waals surface area (Å²) in [7, 11) is 0. The molecule has 0 saturated carbocycles. The van der Waals surface area contributed by atoms with E-state index in [1.165, 1.54) is 63.5 Å². The summed E-state index contributed by atoms with van der Waals surface area (Å²) in [6.45, 7) is 3.35. The fourth-order valence-corrected chi connectivity index (χ4v) is 3.03. The van der Waals surface area contributed by atoms with Crippen molar-refractivity contribution in [3.63, 3.8) is 0 Å². The smallest absolute Gasteiger partial charge is 0.0385 e. The van der Waals surface area contributed by atoms with Gasteiger partial charge in [-0.2, -0.15) is 0 Å². The van der Waals surface area contributed by atoms with Gasteiger partial charge in [0.25, 0.3) is 0 Å². The van der Waals surface area contributed by atoms with E-state index in [1.54, 1.807) is 0 Å². The van der Waals surface area contributed by atoms with Gasteiger partial charge in [-0.3, -0.25) is 0 Å². The lowest BCUT2D eigenvalue weighted by atomic mass is 10.1. The van der Waals surface area contributed by atoms with Crippen molar-refractivity contribution in [2.45, 2.75) is 64.7 Å². The highest BCUT2D eigenvalue weighted by Gasteiger charge is 1.96. The molecule has 0 unspecified atom stereocenters. The molecular formula is C23H34N2. The van der Waals surface area contributed by atoms with E-state index in [1.807, 2.05) is 18.2 Å². The van der Waals surface area contributed by atoms with E-state index in [9.17, 15) is 0 Å². The van der Waals surface area contributed by atoms with Crippen molar-refractivity contribution in [2.24, 2.45) is 0 Å². The van der Waals surface area contributed by atoms with E-state index in [2.05, 4.69) is 54.0 Å². The van der Waals surface area contributed by atoms with Crippen molar-refractivity contribution in [3.8, 4) is 0 Å². The summed E-state index contributed by atoms with van der Waals surface area (Å²) in [6.07, 6.45) is 12.4. The number of unbranched alkanes of at least 4 members (excludes halogenated alkanes) is 8. The molecule has 2 N–H and O–H groups in total. The molecule has 0 aliphatic rings. The van der Waals surface area contributed by atoms with Gasteiger partial charge >= 0.3 is 0 Å². The lowest BCUT2D eigenvalue weighted by Gasteiger charge is -2.09. The minimum atomic E-state index is 1.07. The van der Waals surface area contributed by atoms with Gasteiger partial charge in [-0.1, -0.05) is 76.5 Å². The molecule has 0 amide bonds. The van der Waals surface area contributed by atoms with Crippen LogP contribution in [-0.4, -0.2) is 6.54 Å². The van der Waals surface area contributed by atoms with Crippen LogP contribution in [0, 0.1) is 0 Å². The maximum atomic E-state index is 3.53. The van der Waals surface area contributed by atoms with Crippen molar-refractivity contribution in [1.82, 2.24) is 0 Å². The van der Waals surface area contributed by atoms with Crippen LogP contribution in [0.3, 0.4) is 0 Å². The number of hydrogen-bond acceptors (Lipinski definition) is 2. The van der Waals surface area contributed by atoms with E-state index in [4.69, 9.17) is 0 Å². The molecule has 2 rings (SSSR count). The first-order valence-electron chi connectivity index (χ1n) is 10.0. The SMILES string of the molecule is CCCCCCCCCCCNc1ccc(Nc2ccccc2)cc1. The molecule has 25 heavy (non-hydrogen) atoms. The molecule has 0 spiro atoms. The largest absolute Gasteiger partial charge is 0.385 e. The number of benzene rings is 2. The van der Waals surface area contributed by atoms with Gasteiger partial charge in [0.2, 0.25) is 0 Å². The summed E-state index contributed by atoms with van der Waals surface area (Å²) in [6, 6.07) is 18.8. The molecule has 136 valence electrons. The van der Waals surface area contributed by atoms with E-state index < -0.39 is 0 Å².